The molecule has 0 aromatic carbocycles. The average Bonchev–Trinajstić information content (AvgIpc) is 2.34. The van der Waals surface area contributed by atoms with Gasteiger partial charge in [-0.05, 0) is 0 Å². The zero-order chi connectivity index (χ0) is 7.56. The Morgan fingerprint density at radius 1 is 1.70 bits per heavy atom. The Balaban J connectivity index is 2.78. The van der Waals surface area contributed by atoms with Crippen LogP contribution in [0.2, 0.25) is 0 Å². The van der Waals surface area contributed by atoms with Crippen LogP contribution in [0.15, 0.2) is 6.20 Å². The van der Waals surface area contributed by atoms with Crippen LogP contribution >= 0.6 is 11.3 Å². The molecule has 5 heteroatoms. The molecule has 0 bridgehead atoms. The summed E-state index contributed by atoms with van der Waals surface area (Å²) in [4.78, 5) is 3.86. The molecule has 0 saturated heterocycles. The SMILES string of the molecule is OCc1cnc(C(F)F)s1. The van der Waals surface area contributed by atoms with Crippen molar-refractivity contribution in [2.24, 2.45) is 0 Å². The van der Waals surface area contributed by atoms with E-state index >= 15 is 0 Å². The van der Waals surface area contributed by atoms with E-state index in [2.05, 4.69) is 4.98 Å². The lowest BCUT2D eigenvalue weighted by Crippen LogP contribution is -1.77. The van der Waals surface area contributed by atoms with Gasteiger partial charge >= 0.3 is 0 Å². The highest BCUT2D eigenvalue weighted by atomic mass is 32.1. The topological polar surface area (TPSA) is 33.1 Å². The maximum Gasteiger partial charge on any atom is 0.289 e. The number of nitrogens with zero attached hydrogens (tertiary/aromatic N) is 1. The molecule has 1 aromatic heterocycles. The highest BCUT2D eigenvalue weighted by molar-refractivity contribution is 7.11. The van der Waals surface area contributed by atoms with Gasteiger partial charge in [-0.25, -0.2) is 13.8 Å². The van der Waals surface area contributed by atoms with Crippen LogP contribution in [0, 0.1) is 0 Å². The van der Waals surface area contributed by atoms with Crippen molar-refractivity contribution in [1.29, 1.82) is 0 Å². The largest absolute Gasteiger partial charge is 0.391 e. The van der Waals surface area contributed by atoms with Crippen molar-refractivity contribution in [2.45, 2.75) is 13.0 Å². The Morgan fingerprint density at radius 3 is 2.70 bits per heavy atom. The Bertz CT molecular complexity index is 213. The lowest BCUT2D eigenvalue weighted by atomic mass is 10.6. The molecule has 0 aliphatic rings. The van der Waals surface area contributed by atoms with Gasteiger partial charge in [-0.3, -0.25) is 0 Å². The monoisotopic (exact) mass is 165 g/mol. The summed E-state index contributed by atoms with van der Waals surface area (Å²) < 4.78 is 23.6. The molecule has 0 unspecified atom stereocenters. The lowest BCUT2D eigenvalue weighted by Gasteiger charge is -1.87. The Labute approximate surface area is 60.1 Å². The van der Waals surface area contributed by atoms with Crippen LogP contribution < -0.4 is 0 Å². The van der Waals surface area contributed by atoms with E-state index in [9.17, 15) is 8.78 Å². The summed E-state index contributed by atoms with van der Waals surface area (Å²) in [6, 6.07) is 0. The number of aliphatic hydroxyl groups is 1. The minimum absolute atomic E-state index is 0.218. The van der Waals surface area contributed by atoms with Crippen molar-refractivity contribution < 1.29 is 13.9 Å². The van der Waals surface area contributed by atoms with E-state index in [0.717, 1.165) is 11.3 Å². The van der Waals surface area contributed by atoms with Gasteiger partial charge in [0.2, 0.25) is 0 Å². The average molecular weight is 165 g/mol. The van der Waals surface area contributed by atoms with Crippen LogP contribution in [0.4, 0.5) is 8.78 Å². The first kappa shape index (κ1) is 7.56. The van der Waals surface area contributed by atoms with Crippen molar-refractivity contribution in [3.8, 4) is 0 Å². The van der Waals surface area contributed by atoms with Gasteiger partial charge in [0.05, 0.1) is 11.5 Å². The molecule has 0 aliphatic heterocycles. The van der Waals surface area contributed by atoms with Crippen molar-refractivity contribution in [3.63, 3.8) is 0 Å². The fraction of sp³-hybridized carbons (Fsp3) is 0.400. The normalized spacial score (nSPS) is 10.8. The van der Waals surface area contributed by atoms with Gasteiger partial charge in [0.15, 0.2) is 5.01 Å². The van der Waals surface area contributed by atoms with E-state index in [-0.39, 0.29) is 11.6 Å². The van der Waals surface area contributed by atoms with E-state index in [0.29, 0.717) is 4.88 Å². The number of aliphatic hydroxyl groups excluding tert-OH is 1. The number of thiazole rings is 1. The van der Waals surface area contributed by atoms with Crippen molar-refractivity contribution in [1.82, 2.24) is 4.98 Å². The van der Waals surface area contributed by atoms with Crippen molar-refractivity contribution in [2.75, 3.05) is 0 Å². The van der Waals surface area contributed by atoms with Crippen LogP contribution in [-0.4, -0.2) is 10.1 Å². The number of alkyl halides is 2. The predicted molar refractivity (Wildman–Crippen MR) is 33.0 cm³/mol. The standard InChI is InChI=1S/C5H5F2NOS/c6-4(7)5-8-1-3(2-9)10-5/h1,4,9H,2H2. The zero-order valence-electron chi connectivity index (χ0n) is 4.92. The Morgan fingerprint density at radius 2 is 2.40 bits per heavy atom. The second kappa shape index (κ2) is 3.03. The second-order valence-corrected chi connectivity index (χ2v) is 2.77. The molecule has 0 spiro atoms. The third-order valence-electron chi connectivity index (χ3n) is 0.914. The number of aromatic nitrogens is 1. The van der Waals surface area contributed by atoms with Gasteiger partial charge in [0.1, 0.15) is 0 Å². The summed E-state index contributed by atoms with van der Waals surface area (Å²) in [7, 11) is 0. The third-order valence-corrected chi connectivity index (χ3v) is 1.90. The summed E-state index contributed by atoms with van der Waals surface area (Å²) in [5, 5.41) is 8.23. The first-order valence-electron chi connectivity index (χ1n) is 2.57. The summed E-state index contributed by atoms with van der Waals surface area (Å²) in [6.45, 7) is -0.218. The quantitative estimate of drug-likeness (QED) is 0.721. The molecule has 0 fully saturated rings. The minimum Gasteiger partial charge on any atom is -0.391 e. The molecule has 1 N–H and O–H groups in total. The van der Waals surface area contributed by atoms with Gasteiger partial charge < -0.3 is 5.11 Å². The van der Waals surface area contributed by atoms with E-state index in [1.54, 1.807) is 0 Å². The maximum absolute atomic E-state index is 11.8. The molecule has 1 heterocycles. The van der Waals surface area contributed by atoms with Gasteiger partial charge in [0, 0.05) is 6.20 Å². The van der Waals surface area contributed by atoms with Crippen LogP contribution in [-0.2, 0) is 6.61 Å². The van der Waals surface area contributed by atoms with Gasteiger partial charge in [-0.2, -0.15) is 0 Å². The molecule has 56 valence electrons. The molecule has 0 atom stereocenters. The summed E-state index contributed by atoms with van der Waals surface area (Å²) in [5.41, 5.74) is 0. The van der Waals surface area contributed by atoms with E-state index in [4.69, 9.17) is 5.11 Å². The molecule has 0 aliphatic carbocycles. The molecule has 0 saturated carbocycles. The molecule has 0 radical (unpaired) electrons. The minimum atomic E-state index is -2.52. The molecule has 10 heavy (non-hydrogen) atoms. The predicted octanol–water partition coefficient (Wildman–Crippen LogP) is 1.57. The lowest BCUT2D eigenvalue weighted by molar-refractivity contribution is 0.151. The fourth-order valence-electron chi connectivity index (χ4n) is 0.497. The Hall–Kier alpha value is -0.550. The first-order chi connectivity index (χ1) is 4.74. The van der Waals surface area contributed by atoms with Crippen molar-refractivity contribution in [3.05, 3.63) is 16.1 Å². The number of hydrogen-bond donors (Lipinski definition) is 1. The number of rotatable bonds is 2. The van der Waals surface area contributed by atoms with Crippen LogP contribution in [0.1, 0.15) is 16.3 Å². The third kappa shape index (κ3) is 1.48. The van der Waals surface area contributed by atoms with Gasteiger partial charge in [-0.1, -0.05) is 0 Å². The van der Waals surface area contributed by atoms with E-state index in [1.165, 1.54) is 6.20 Å². The Kier molecular flexibility index (Phi) is 2.29. The van der Waals surface area contributed by atoms with Gasteiger partial charge in [0.25, 0.3) is 6.43 Å². The summed E-state index contributed by atoms with van der Waals surface area (Å²) in [6.07, 6.45) is -1.27. The smallest absolute Gasteiger partial charge is 0.289 e. The molecule has 1 aromatic rings. The van der Waals surface area contributed by atoms with E-state index in [1.807, 2.05) is 0 Å². The fourth-order valence-corrected chi connectivity index (χ4v) is 1.13. The van der Waals surface area contributed by atoms with Crippen molar-refractivity contribution >= 4 is 11.3 Å². The molecular formula is C5H5F2NOS. The van der Waals surface area contributed by atoms with Crippen LogP contribution in [0.3, 0.4) is 0 Å². The summed E-state index contributed by atoms with van der Waals surface area (Å²) in [5.74, 6) is 0. The maximum atomic E-state index is 11.8. The molecular weight excluding hydrogens is 160 g/mol. The number of hydrogen-bond acceptors (Lipinski definition) is 3. The van der Waals surface area contributed by atoms with E-state index < -0.39 is 6.43 Å². The zero-order valence-corrected chi connectivity index (χ0v) is 5.74. The highest BCUT2D eigenvalue weighted by Gasteiger charge is 2.10. The highest BCUT2D eigenvalue weighted by Crippen LogP contribution is 2.23. The van der Waals surface area contributed by atoms with Gasteiger partial charge in [-0.15, -0.1) is 11.3 Å². The summed E-state index contributed by atoms with van der Waals surface area (Å²) >= 11 is 0.830. The first-order valence-corrected chi connectivity index (χ1v) is 3.39. The van der Waals surface area contributed by atoms with Crippen LogP contribution in [0.25, 0.3) is 0 Å². The van der Waals surface area contributed by atoms with Crippen LogP contribution in [0.5, 0.6) is 0 Å². The molecule has 1 rings (SSSR count). The molecule has 0 amide bonds. The second-order valence-electron chi connectivity index (χ2n) is 1.62. The number of halogens is 2. The molecule has 2 nitrogen and oxygen atoms in total.